The molecule has 0 bridgehead atoms. The number of hydrogen-bond donors (Lipinski definition) is 3. The molecule has 2 atom stereocenters. The van der Waals surface area contributed by atoms with Crippen molar-refractivity contribution in [1.29, 1.82) is 0 Å². The molecule has 1 saturated carbocycles. The number of aliphatic hydroxyl groups excluding tert-OH is 1. The topological polar surface area (TPSA) is 70.1 Å². The van der Waals surface area contributed by atoms with Gasteiger partial charge in [-0.1, -0.05) is 18.2 Å². The van der Waals surface area contributed by atoms with Crippen LogP contribution in [0.2, 0.25) is 0 Å². The van der Waals surface area contributed by atoms with Crippen molar-refractivity contribution in [2.24, 2.45) is 5.92 Å². The van der Waals surface area contributed by atoms with Crippen LogP contribution in [0.5, 0.6) is 0 Å². The number of aliphatic hydroxyl groups is 1. The molecule has 0 aromatic carbocycles. The Morgan fingerprint density at radius 2 is 2.17 bits per heavy atom. The van der Waals surface area contributed by atoms with Crippen LogP contribution in [0.15, 0.2) is 11.2 Å². The first-order valence-corrected chi connectivity index (χ1v) is 7.48. The van der Waals surface area contributed by atoms with E-state index in [2.05, 4.69) is 20.6 Å². The largest absolute Gasteiger partial charge is 0.393 e. The van der Waals surface area contributed by atoms with E-state index in [1.54, 1.807) is 0 Å². The molecule has 0 amide bonds. The van der Waals surface area contributed by atoms with Gasteiger partial charge in [0.2, 0.25) is 0 Å². The third kappa shape index (κ3) is 3.26. The van der Waals surface area contributed by atoms with Crippen molar-refractivity contribution in [1.82, 2.24) is 9.97 Å². The number of anilines is 2. The maximum Gasteiger partial charge on any atom is 0.191 e. The molecule has 0 spiro atoms. The maximum atomic E-state index is 9.78. The second kappa shape index (κ2) is 6.24. The van der Waals surface area contributed by atoms with Gasteiger partial charge in [-0.3, -0.25) is 0 Å². The average molecular weight is 268 g/mol. The molecule has 5 nitrogen and oxygen atoms in total. The molecule has 3 N–H and O–H groups in total. The van der Waals surface area contributed by atoms with Gasteiger partial charge in [-0.25, -0.2) is 9.97 Å². The van der Waals surface area contributed by atoms with E-state index in [1.165, 1.54) is 11.8 Å². The van der Waals surface area contributed by atoms with Crippen molar-refractivity contribution in [3.05, 3.63) is 6.07 Å². The summed E-state index contributed by atoms with van der Waals surface area (Å²) in [6.07, 6.45) is 4.93. The first-order chi connectivity index (χ1) is 8.72. The van der Waals surface area contributed by atoms with Gasteiger partial charge < -0.3 is 15.7 Å². The maximum absolute atomic E-state index is 9.78. The van der Waals surface area contributed by atoms with Gasteiger partial charge in [0.25, 0.3) is 0 Å². The Morgan fingerprint density at radius 1 is 1.39 bits per heavy atom. The predicted molar refractivity (Wildman–Crippen MR) is 75.2 cm³/mol. The van der Waals surface area contributed by atoms with Crippen LogP contribution in [0.1, 0.15) is 19.3 Å². The molecule has 1 aliphatic rings. The quantitative estimate of drug-likeness (QED) is 0.559. The smallest absolute Gasteiger partial charge is 0.191 e. The third-order valence-corrected chi connectivity index (χ3v) is 3.86. The molecule has 18 heavy (non-hydrogen) atoms. The summed E-state index contributed by atoms with van der Waals surface area (Å²) in [5, 5.41) is 16.9. The lowest BCUT2D eigenvalue weighted by atomic mass is 10.1. The Hall–Kier alpha value is -1.01. The van der Waals surface area contributed by atoms with Crippen molar-refractivity contribution in [3.63, 3.8) is 0 Å². The van der Waals surface area contributed by atoms with Crippen LogP contribution in [-0.2, 0) is 0 Å². The lowest BCUT2D eigenvalue weighted by Gasteiger charge is -2.16. The van der Waals surface area contributed by atoms with Crippen LogP contribution in [0.3, 0.4) is 0 Å². The van der Waals surface area contributed by atoms with E-state index in [4.69, 9.17) is 0 Å². The Labute approximate surface area is 112 Å². The number of aromatic nitrogens is 2. The second-order valence-electron chi connectivity index (χ2n) is 4.51. The Morgan fingerprint density at radius 3 is 2.78 bits per heavy atom. The van der Waals surface area contributed by atoms with Gasteiger partial charge in [-0.15, -0.1) is 0 Å². The number of nitrogens with zero attached hydrogens (tertiary/aromatic N) is 2. The SMILES string of the molecule is CNc1cc(NCC2CCCC2O)nc(SC)n1. The van der Waals surface area contributed by atoms with Gasteiger partial charge in [-0.2, -0.15) is 0 Å². The monoisotopic (exact) mass is 268 g/mol. The molecule has 100 valence electrons. The van der Waals surface area contributed by atoms with Crippen molar-refractivity contribution in [2.45, 2.75) is 30.5 Å². The van der Waals surface area contributed by atoms with E-state index in [1.807, 2.05) is 19.4 Å². The lowest BCUT2D eigenvalue weighted by Crippen LogP contribution is -2.22. The molecular weight excluding hydrogens is 248 g/mol. The summed E-state index contributed by atoms with van der Waals surface area (Å²) in [6, 6.07) is 1.89. The predicted octanol–water partition coefficient (Wildman–Crippen LogP) is 1.81. The van der Waals surface area contributed by atoms with Crippen LogP contribution in [0.4, 0.5) is 11.6 Å². The summed E-state index contributed by atoms with van der Waals surface area (Å²) in [4.78, 5) is 8.72. The van der Waals surface area contributed by atoms with Gasteiger partial charge in [0.1, 0.15) is 11.6 Å². The highest BCUT2D eigenvalue weighted by Gasteiger charge is 2.24. The molecular formula is C12H20N4OS. The summed E-state index contributed by atoms with van der Waals surface area (Å²) < 4.78 is 0. The number of rotatable bonds is 5. The Balaban J connectivity index is 1.99. The van der Waals surface area contributed by atoms with Crippen LogP contribution in [-0.4, -0.2) is 41.0 Å². The molecule has 1 fully saturated rings. The average Bonchev–Trinajstić information content (AvgIpc) is 2.81. The van der Waals surface area contributed by atoms with E-state index in [-0.39, 0.29) is 6.10 Å². The summed E-state index contributed by atoms with van der Waals surface area (Å²) in [7, 11) is 1.84. The minimum absolute atomic E-state index is 0.164. The molecule has 0 saturated heterocycles. The van der Waals surface area contributed by atoms with Crippen LogP contribution in [0, 0.1) is 5.92 Å². The minimum Gasteiger partial charge on any atom is -0.393 e. The summed E-state index contributed by atoms with van der Waals surface area (Å²) in [6.45, 7) is 0.773. The molecule has 6 heteroatoms. The van der Waals surface area contributed by atoms with Gasteiger partial charge in [0, 0.05) is 25.6 Å². The first-order valence-electron chi connectivity index (χ1n) is 6.25. The molecule has 2 rings (SSSR count). The standard InChI is InChI=1S/C12H20N4OS/c1-13-10-6-11(16-12(15-10)18-2)14-7-8-4-3-5-9(8)17/h6,8-9,17H,3-5,7H2,1-2H3,(H2,13,14,15,16). The fourth-order valence-electron chi connectivity index (χ4n) is 2.23. The zero-order chi connectivity index (χ0) is 13.0. The van der Waals surface area contributed by atoms with E-state index in [9.17, 15) is 5.11 Å². The molecule has 0 aliphatic heterocycles. The number of thioether (sulfide) groups is 1. The van der Waals surface area contributed by atoms with Crippen molar-refractivity contribution in [2.75, 3.05) is 30.5 Å². The molecule has 1 heterocycles. The summed E-state index contributed by atoms with van der Waals surface area (Å²) in [5.41, 5.74) is 0. The molecule has 2 unspecified atom stereocenters. The highest BCUT2D eigenvalue weighted by atomic mass is 32.2. The zero-order valence-corrected chi connectivity index (χ0v) is 11.6. The first kappa shape index (κ1) is 13.4. The molecule has 1 aromatic heterocycles. The number of hydrogen-bond acceptors (Lipinski definition) is 6. The van der Waals surface area contributed by atoms with Crippen LogP contribution < -0.4 is 10.6 Å². The highest BCUT2D eigenvalue weighted by molar-refractivity contribution is 7.98. The van der Waals surface area contributed by atoms with Crippen molar-refractivity contribution < 1.29 is 5.11 Å². The van der Waals surface area contributed by atoms with Crippen molar-refractivity contribution >= 4 is 23.4 Å². The third-order valence-electron chi connectivity index (χ3n) is 3.31. The van der Waals surface area contributed by atoms with E-state index in [0.717, 1.165) is 42.6 Å². The highest BCUT2D eigenvalue weighted by Crippen LogP contribution is 2.26. The fourth-order valence-corrected chi connectivity index (χ4v) is 2.61. The van der Waals surface area contributed by atoms with Gasteiger partial charge in [-0.05, 0) is 19.1 Å². The normalized spacial score (nSPS) is 23.1. The summed E-state index contributed by atoms with van der Waals surface area (Å²) in [5.74, 6) is 1.97. The van der Waals surface area contributed by atoms with E-state index in [0.29, 0.717) is 5.92 Å². The Bertz CT molecular complexity index is 379. The second-order valence-corrected chi connectivity index (χ2v) is 5.29. The van der Waals surface area contributed by atoms with Gasteiger partial charge >= 0.3 is 0 Å². The fraction of sp³-hybridized carbons (Fsp3) is 0.667. The summed E-state index contributed by atoms with van der Waals surface area (Å²) >= 11 is 1.52. The van der Waals surface area contributed by atoms with Gasteiger partial charge in [0.05, 0.1) is 6.10 Å². The Kier molecular flexibility index (Phi) is 4.66. The molecule has 1 aromatic rings. The minimum atomic E-state index is -0.164. The van der Waals surface area contributed by atoms with Crippen molar-refractivity contribution in [3.8, 4) is 0 Å². The van der Waals surface area contributed by atoms with Crippen LogP contribution in [0.25, 0.3) is 0 Å². The number of nitrogens with one attached hydrogen (secondary N) is 2. The van der Waals surface area contributed by atoms with Gasteiger partial charge in [0.15, 0.2) is 5.16 Å². The lowest BCUT2D eigenvalue weighted by molar-refractivity contribution is 0.138. The van der Waals surface area contributed by atoms with Crippen LogP contribution >= 0.6 is 11.8 Å². The van der Waals surface area contributed by atoms with E-state index >= 15 is 0 Å². The molecule has 1 aliphatic carbocycles. The van der Waals surface area contributed by atoms with E-state index < -0.39 is 0 Å². The zero-order valence-electron chi connectivity index (χ0n) is 10.8. The molecule has 0 radical (unpaired) electrons.